The van der Waals surface area contributed by atoms with E-state index in [0.29, 0.717) is 23.3 Å². The first kappa shape index (κ1) is 25.5. The van der Waals surface area contributed by atoms with Crippen molar-refractivity contribution in [3.05, 3.63) is 33.1 Å². The first-order valence-electron chi connectivity index (χ1n) is 10.5. The first-order chi connectivity index (χ1) is 16.1. The van der Waals surface area contributed by atoms with Crippen molar-refractivity contribution >= 4 is 54.9 Å². The zero-order valence-electron chi connectivity index (χ0n) is 18.5. The van der Waals surface area contributed by atoms with Crippen LogP contribution >= 0.6 is 11.3 Å². The SMILES string of the molecule is COC(=O)Cn1c(=NC(=O)CS(=O)(=O)CC(=O)N2CCCCCC2)sc2cc([N+](=O)[O-])ccc21. The molecule has 1 aliphatic rings. The molecular formula is C20H24N4O8S2. The van der Waals surface area contributed by atoms with Gasteiger partial charge in [-0.05, 0) is 18.9 Å². The highest BCUT2D eigenvalue weighted by atomic mass is 32.2. The number of carbonyl (C=O) groups is 3. The van der Waals surface area contributed by atoms with E-state index in [4.69, 9.17) is 0 Å². The van der Waals surface area contributed by atoms with Gasteiger partial charge in [0.05, 0.1) is 22.2 Å². The van der Waals surface area contributed by atoms with E-state index >= 15 is 0 Å². The molecule has 1 aromatic carbocycles. The van der Waals surface area contributed by atoms with Crippen LogP contribution in [0, 0.1) is 10.1 Å². The van der Waals surface area contributed by atoms with Crippen LogP contribution in [0.25, 0.3) is 10.2 Å². The normalized spacial score (nSPS) is 15.2. The highest BCUT2D eigenvalue weighted by Gasteiger charge is 2.25. The lowest BCUT2D eigenvalue weighted by Crippen LogP contribution is -2.37. The Morgan fingerprint density at radius 2 is 1.82 bits per heavy atom. The number of fused-ring (bicyclic) bond motifs is 1. The van der Waals surface area contributed by atoms with Crippen LogP contribution in [-0.4, -0.2) is 72.3 Å². The number of non-ortho nitro benzene ring substituents is 1. The van der Waals surface area contributed by atoms with Crippen LogP contribution in [0.15, 0.2) is 23.2 Å². The van der Waals surface area contributed by atoms with Gasteiger partial charge in [0.15, 0.2) is 14.6 Å². The maximum Gasteiger partial charge on any atom is 0.325 e. The number of nitro benzene ring substituents is 1. The molecule has 0 spiro atoms. The van der Waals surface area contributed by atoms with E-state index in [0.717, 1.165) is 37.0 Å². The average Bonchev–Trinajstić information content (AvgIpc) is 2.93. The molecule has 2 aromatic rings. The van der Waals surface area contributed by atoms with Crippen molar-refractivity contribution in [3.63, 3.8) is 0 Å². The van der Waals surface area contributed by atoms with Gasteiger partial charge in [0.25, 0.3) is 11.6 Å². The number of esters is 1. The lowest BCUT2D eigenvalue weighted by molar-refractivity contribution is -0.384. The predicted octanol–water partition coefficient (Wildman–Crippen LogP) is 1.03. The number of nitrogens with zero attached hydrogens (tertiary/aromatic N) is 4. The summed E-state index contributed by atoms with van der Waals surface area (Å²) in [6, 6.07) is 3.92. The summed E-state index contributed by atoms with van der Waals surface area (Å²) in [5, 5.41) is 11.1. The number of aromatic nitrogens is 1. The third-order valence-electron chi connectivity index (χ3n) is 5.26. The van der Waals surface area contributed by atoms with Crippen LogP contribution in [-0.2, 0) is 35.5 Å². The van der Waals surface area contributed by atoms with E-state index < -0.39 is 44.0 Å². The van der Waals surface area contributed by atoms with E-state index in [1.165, 1.54) is 34.8 Å². The number of methoxy groups -OCH3 is 1. The van der Waals surface area contributed by atoms with Crippen molar-refractivity contribution in [2.45, 2.75) is 32.2 Å². The number of ether oxygens (including phenoxy) is 1. The minimum Gasteiger partial charge on any atom is -0.468 e. The molecule has 0 unspecified atom stereocenters. The maximum atomic E-state index is 12.5. The molecule has 2 amide bonds. The largest absolute Gasteiger partial charge is 0.468 e. The third kappa shape index (κ3) is 6.47. The summed E-state index contributed by atoms with van der Waals surface area (Å²) in [5.41, 5.74) is 0.207. The highest BCUT2D eigenvalue weighted by molar-refractivity contribution is 7.92. The Morgan fingerprint density at radius 1 is 1.15 bits per heavy atom. The number of likely N-dealkylation sites (tertiary alicyclic amines) is 1. The number of amides is 2. The molecule has 14 heteroatoms. The molecule has 184 valence electrons. The van der Waals surface area contributed by atoms with Crippen molar-refractivity contribution in [2.24, 2.45) is 4.99 Å². The van der Waals surface area contributed by atoms with Crippen LogP contribution in [0.2, 0.25) is 0 Å². The molecule has 0 aliphatic carbocycles. The number of nitro groups is 1. The number of carbonyl (C=O) groups excluding carboxylic acids is 3. The summed E-state index contributed by atoms with van der Waals surface area (Å²) in [7, 11) is -2.89. The maximum absolute atomic E-state index is 12.5. The summed E-state index contributed by atoms with van der Waals surface area (Å²) in [4.78, 5) is 52.6. The molecule has 1 aromatic heterocycles. The number of hydrogen-bond donors (Lipinski definition) is 0. The fraction of sp³-hybridized carbons (Fsp3) is 0.500. The summed E-state index contributed by atoms with van der Waals surface area (Å²) in [6.07, 6.45) is 3.59. The summed E-state index contributed by atoms with van der Waals surface area (Å²) in [6.45, 7) is 0.656. The minimum atomic E-state index is -4.07. The van der Waals surface area contributed by atoms with E-state index in [-0.39, 0.29) is 17.0 Å². The molecule has 1 fully saturated rings. The second kappa shape index (κ2) is 10.9. The number of sulfone groups is 1. The van der Waals surface area contributed by atoms with Gasteiger partial charge in [0.1, 0.15) is 18.1 Å². The lowest BCUT2D eigenvalue weighted by atomic mass is 10.2. The zero-order chi connectivity index (χ0) is 24.9. The Bertz CT molecular complexity index is 1290. The molecule has 0 bridgehead atoms. The molecule has 0 radical (unpaired) electrons. The quantitative estimate of drug-likeness (QED) is 0.302. The fourth-order valence-electron chi connectivity index (χ4n) is 3.58. The van der Waals surface area contributed by atoms with Crippen molar-refractivity contribution in [1.82, 2.24) is 9.47 Å². The van der Waals surface area contributed by atoms with Gasteiger partial charge in [-0.1, -0.05) is 24.2 Å². The number of benzene rings is 1. The van der Waals surface area contributed by atoms with Crippen molar-refractivity contribution in [2.75, 3.05) is 31.7 Å². The highest BCUT2D eigenvalue weighted by Crippen LogP contribution is 2.23. The molecule has 0 atom stereocenters. The third-order valence-corrected chi connectivity index (χ3v) is 7.67. The molecule has 12 nitrogen and oxygen atoms in total. The summed E-state index contributed by atoms with van der Waals surface area (Å²) >= 11 is 0.894. The molecule has 1 saturated heterocycles. The molecule has 0 saturated carbocycles. The predicted molar refractivity (Wildman–Crippen MR) is 123 cm³/mol. The zero-order valence-corrected chi connectivity index (χ0v) is 20.1. The number of rotatable bonds is 7. The Balaban J connectivity index is 1.85. The Hall–Kier alpha value is -3.13. The van der Waals surface area contributed by atoms with Crippen molar-refractivity contribution in [3.8, 4) is 0 Å². The average molecular weight is 513 g/mol. The van der Waals surface area contributed by atoms with Crippen LogP contribution in [0.1, 0.15) is 25.7 Å². The number of hydrogen-bond acceptors (Lipinski definition) is 9. The second-order valence-corrected chi connectivity index (χ2v) is 10.9. The fourth-order valence-corrected chi connectivity index (χ4v) is 5.77. The molecule has 2 heterocycles. The van der Waals surface area contributed by atoms with Gasteiger partial charge in [-0.2, -0.15) is 4.99 Å². The van der Waals surface area contributed by atoms with E-state index in [9.17, 15) is 32.9 Å². The second-order valence-electron chi connectivity index (χ2n) is 7.79. The van der Waals surface area contributed by atoms with Gasteiger partial charge in [-0.25, -0.2) is 8.42 Å². The van der Waals surface area contributed by atoms with Gasteiger partial charge in [0, 0.05) is 25.2 Å². The summed E-state index contributed by atoms with van der Waals surface area (Å²) in [5.74, 6) is -3.95. The number of thiazole rings is 1. The van der Waals surface area contributed by atoms with Crippen molar-refractivity contribution < 1.29 is 32.5 Å². The Kier molecular flexibility index (Phi) is 8.15. The van der Waals surface area contributed by atoms with E-state index in [2.05, 4.69) is 9.73 Å². The van der Waals surface area contributed by atoms with Crippen LogP contribution in [0.5, 0.6) is 0 Å². The molecule has 0 N–H and O–H groups in total. The topological polar surface area (TPSA) is 158 Å². The van der Waals surface area contributed by atoms with Gasteiger partial charge < -0.3 is 14.2 Å². The monoisotopic (exact) mass is 512 g/mol. The standard InChI is InChI=1S/C20H24N4O8S2/c1-32-19(27)11-23-15-7-6-14(24(28)29)10-16(15)33-20(23)21-17(25)12-34(30,31)13-18(26)22-8-4-2-3-5-9-22/h6-7,10H,2-5,8-9,11-13H2,1H3. The Labute approximate surface area is 198 Å². The smallest absolute Gasteiger partial charge is 0.325 e. The van der Waals surface area contributed by atoms with Crippen LogP contribution in [0.4, 0.5) is 5.69 Å². The van der Waals surface area contributed by atoms with Gasteiger partial charge >= 0.3 is 5.97 Å². The summed E-state index contributed by atoms with van der Waals surface area (Å²) < 4.78 is 31.3. The molecular weight excluding hydrogens is 488 g/mol. The Morgan fingerprint density at radius 3 is 2.44 bits per heavy atom. The minimum absolute atomic E-state index is 0.0139. The van der Waals surface area contributed by atoms with E-state index in [1.54, 1.807) is 0 Å². The molecule has 34 heavy (non-hydrogen) atoms. The lowest BCUT2D eigenvalue weighted by Gasteiger charge is -2.19. The molecule has 3 rings (SSSR count). The van der Waals surface area contributed by atoms with Crippen molar-refractivity contribution in [1.29, 1.82) is 0 Å². The van der Waals surface area contributed by atoms with Crippen LogP contribution < -0.4 is 4.80 Å². The molecule has 1 aliphatic heterocycles. The van der Waals surface area contributed by atoms with Gasteiger partial charge in [-0.3, -0.25) is 24.5 Å². The van der Waals surface area contributed by atoms with Gasteiger partial charge in [0.2, 0.25) is 5.91 Å². The van der Waals surface area contributed by atoms with E-state index in [1.807, 2.05) is 0 Å². The van der Waals surface area contributed by atoms with Gasteiger partial charge in [-0.15, -0.1) is 0 Å². The van der Waals surface area contributed by atoms with Crippen LogP contribution in [0.3, 0.4) is 0 Å². The first-order valence-corrected chi connectivity index (χ1v) is 13.1.